The molecule has 0 radical (unpaired) electrons. The second-order valence-corrected chi connectivity index (χ2v) is 10.4. The Labute approximate surface area is 144 Å². The monoisotopic (exact) mass is 318 g/mol. The van der Waals surface area contributed by atoms with Crippen molar-refractivity contribution in [2.24, 2.45) is 40.4 Å². The normalized spacial score (nSPS) is 43.3. The largest absolute Gasteiger partial charge is 0.299 e. The van der Waals surface area contributed by atoms with Crippen LogP contribution in [-0.4, -0.2) is 5.78 Å². The van der Waals surface area contributed by atoms with Gasteiger partial charge in [0.05, 0.1) is 0 Å². The van der Waals surface area contributed by atoms with Crippen molar-refractivity contribution in [1.29, 1.82) is 0 Å². The average Bonchev–Trinajstić information content (AvgIpc) is 2.75. The second kappa shape index (κ2) is 6.19. The second-order valence-electron chi connectivity index (χ2n) is 10.4. The van der Waals surface area contributed by atoms with Crippen LogP contribution < -0.4 is 0 Å². The summed E-state index contributed by atoms with van der Waals surface area (Å²) >= 11 is 0. The smallest absolute Gasteiger partial charge is 0.138 e. The summed E-state index contributed by atoms with van der Waals surface area (Å²) in [5.41, 5.74) is 0.314. The summed E-state index contributed by atoms with van der Waals surface area (Å²) in [7, 11) is 0. The highest BCUT2D eigenvalue weighted by molar-refractivity contribution is 5.83. The average molecular weight is 319 g/mol. The van der Waals surface area contributed by atoms with Crippen molar-refractivity contribution in [3.05, 3.63) is 0 Å². The molecule has 3 fully saturated rings. The molecule has 23 heavy (non-hydrogen) atoms. The van der Waals surface area contributed by atoms with Gasteiger partial charge in [0.15, 0.2) is 0 Å². The van der Waals surface area contributed by atoms with E-state index >= 15 is 0 Å². The van der Waals surface area contributed by atoms with Gasteiger partial charge in [0.1, 0.15) is 5.78 Å². The van der Waals surface area contributed by atoms with E-state index in [0.717, 1.165) is 48.9 Å². The van der Waals surface area contributed by atoms with Crippen LogP contribution in [0.25, 0.3) is 0 Å². The van der Waals surface area contributed by atoms with Gasteiger partial charge in [0.2, 0.25) is 0 Å². The van der Waals surface area contributed by atoms with Crippen LogP contribution in [0, 0.1) is 40.4 Å². The van der Waals surface area contributed by atoms with Crippen LogP contribution in [0.5, 0.6) is 0 Å². The van der Waals surface area contributed by atoms with Gasteiger partial charge in [0, 0.05) is 11.8 Å². The lowest BCUT2D eigenvalue weighted by Crippen LogP contribution is -2.34. The van der Waals surface area contributed by atoms with Crippen molar-refractivity contribution in [2.75, 3.05) is 0 Å². The van der Waals surface area contributed by atoms with Gasteiger partial charge < -0.3 is 0 Å². The SMILES string of the molecule is CCC(C)(C)C(=O)CCC1(C)CCC2C3CC(C)CC(C3)C2C1. The molecule has 0 aromatic carbocycles. The molecular formula is C22H38O. The molecule has 6 unspecified atom stereocenters. The summed E-state index contributed by atoms with van der Waals surface area (Å²) in [5, 5.41) is 0. The maximum atomic E-state index is 12.5. The number of carbonyl (C=O) groups is 1. The van der Waals surface area contributed by atoms with E-state index in [0.29, 0.717) is 11.2 Å². The summed E-state index contributed by atoms with van der Waals surface area (Å²) in [4.78, 5) is 12.5. The maximum Gasteiger partial charge on any atom is 0.138 e. The highest BCUT2D eigenvalue weighted by Gasteiger charge is 2.51. The van der Waals surface area contributed by atoms with Gasteiger partial charge in [-0.15, -0.1) is 0 Å². The first kappa shape index (κ1) is 17.5. The van der Waals surface area contributed by atoms with Crippen LogP contribution in [0.15, 0.2) is 0 Å². The van der Waals surface area contributed by atoms with E-state index in [-0.39, 0.29) is 5.41 Å². The third-order valence-electron chi connectivity index (χ3n) is 8.18. The number of carbonyl (C=O) groups excluding carboxylic acids is 1. The van der Waals surface area contributed by atoms with Crippen molar-refractivity contribution in [1.82, 2.24) is 0 Å². The lowest BCUT2D eigenvalue weighted by atomic mass is 9.62. The standard InChI is InChI=1S/C22H38O/c1-6-21(3,4)20(23)8-10-22(5)9-7-18-16-11-15(2)12-17(13-16)19(18)14-22/h15-19H,6-14H2,1-5H3. The minimum Gasteiger partial charge on any atom is -0.299 e. The van der Waals surface area contributed by atoms with E-state index in [1.807, 2.05) is 0 Å². The highest BCUT2D eigenvalue weighted by atomic mass is 16.1. The molecule has 0 N–H and O–H groups in total. The molecule has 0 saturated heterocycles. The van der Waals surface area contributed by atoms with Crippen molar-refractivity contribution in [3.8, 4) is 0 Å². The molecule has 2 bridgehead atoms. The fourth-order valence-electron chi connectivity index (χ4n) is 6.24. The van der Waals surface area contributed by atoms with Crippen molar-refractivity contribution in [2.45, 2.75) is 92.4 Å². The Bertz CT molecular complexity index is 451. The molecule has 6 atom stereocenters. The Morgan fingerprint density at radius 2 is 1.78 bits per heavy atom. The van der Waals surface area contributed by atoms with E-state index < -0.39 is 0 Å². The molecule has 0 spiro atoms. The summed E-state index contributed by atoms with van der Waals surface area (Å²) < 4.78 is 0. The number of Topliss-reactive ketones (excluding diaryl/α,β-unsaturated/α-hetero) is 1. The Kier molecular flexibility index (Phi) is 4.71. The van der Waals surface area contributed by atoms with Gasteiger partial charge in [-0.2, -0.15) is 0 Å². The van der Waals surface area contributed by atoms with Crippen LogP contribution in [-0.2, 0) is 4.79 Å². The summed E-state index contributed by atoms with van der Waals surface area (Å²) in [6.45, 7) is 11.3. The fraction of sp³-hybridized carbons (Fsp3) is 0.955. The minimum absolute atomic E-state index is 0.118. The zero-order chi connectivity index (χ0) is 16.8. The maximum absolute atomic E-state index is 12.5. The number of ketones is 1. The lowest BCUT2D eigenvalue weighted by molar-refractivity contribution is -0.128. The van der Waals surface area contributed by atoms with Crippen LogP contribution in [0.1, 0.15) is 92.4 Å². The molecule has 3 aliphatic rings. The first-order chi connectivity index (χ1) is 10.7. The molecule has 0 heterocycles. The van der Waals surface area contributed by atoms with Crippen LogP contribution >= 0.6 is 0 Å². The molecule has 3 aliphatic carbocycles. The first-order valence-electron chi connectivity index (χ1n) is 10.3. The zero-order valence-corrected chi connectivity index (χ0v) is 16.2. The molecule has 0 aromatic rings. The molecular weight excluding hydrogens is 280 g/mol. The predicted molar refractivity (Wildman–Crippen MR) is 97.2 cm³/mol. The van der Waals surface area contributed by atoms with Crippen LogP contribution in [0.4, 0.5) is 0 Å². The van der Waals surface area contributed by atoms with Crippen molar-refractivity contribution < 1.29 is 4.79 Å². The van der Waals surface area contributed by atoms with E-state index in [1.165, 1.54) is 38.5 Å². The van der Waals surface area contributed by atoms with E-state index in [9.17, 15) is 4.79 Å². The van der Waals surface area contributed by atoms with E-state index in [1.54, 1.807) is 0 Å². The first-order valence-corrected chi connectivity index (χ1v) is 10.3. The summed E-state index contributed by atoms with van der Waals surface area (Å²) in [5.74, 6) is 5.51. The number of fused-ring (bicyclic) bond motifs is 5. The number of hydrogen-bond donors (Lipinski definition) is 0. The molecule has 132 valence electrons. The number of rotatable bonds is 5. The van der Waals surface area contributed by atoms with Gasteiger partial charge in [-0.05, 0) is 86.4 Å². The van der Waals surface area contributed by atoms with E-state index in [2.05, 4.69) is 34.6 Å². The predicted octanol–water partition coefficient (Wildman–Crippen LogP) is 6.26. The molecule has 3 saturated carbocycles. The molecule has 0 amide bonds. The number of hydrogen-bond acceptors (Lipinski definition) is 1. The van der Waals surface area contributed by atoms with Crippen LogP contribution in [0.3, 0.4) is 0 Å². The van der Waals surface area contributed by atoms with Gasteiger partial charge in [-0.3, -0.25) is 4.79 Å². The lowest BCUT2D eigenvalue weighted by Gasteiger charge is -2.42. The Hall–Kier alpha value is -0.330. The zero-order valence-electron chi connectivity index (χ0n) is 16.2. The fourth-order valence-corrected chi connectivity index (χ4v) is 6.24. The summed E-state index contributed by atoms with van der Waals surface area (Å²) in [6.07, 6.45) is 11.6. The molecule has 1 nitrogen and oxygen atoms in total. The quantitative estimate of drug-likeness (QED) is 0.584. The topological polar surface area (TPSA) is 17.1 Å². The van der Waals surface area contributed by atoms with Crippen molar-refractivity contribution >= 4 is 5.78 Å². The van der Waals surface area contributed by atoms with Gasteiger partial charge in [-0.1, -0.05) is 34.6 Å². The third-order valence-corrected chi connectivity index (χ3v) is 8.18. The summed E-state index contributed by atoms with van der Waals surface area (Å²) in [6, 6.07) is 0. The molecule has 0 aliphatic heterocycles. The molecule has 1 heteroatoms. The Balaban J connectivity index is 1.61. The Morgan fingerprint density at radius 1 is 1.13 bits per heavy atom. The van der Waals surface area contributed by atoms with Crippen LogP contribution in [0.2, 0.25) is 0 Å². The minimum atomic E-state index is -0.118. The molecule has 3 rings (SSSR count). The van der Waals surface area contributed by atoms with E-state index in [4.69, 9.17) is 0 Å². The molecule has 0 aromatic heterocycles. The Morgan fingerprint density at radius 3 is 2.43 bits per heavy atom. The highest BCUT2D eigenvalue weighted by Crippen LogP contribution is 2.60. The van der Waals surface area contributed by atoms with Gasteiger partial charge >= 0.3 is 0 Å². The van der Waals surface area contributed by atoms with Gasteiger partial charge in [0.25, 0.3) is 0 Å². The third kappa shape index (κ3) is 3.40. The van der Waals surface area contributed by atoms with Gasteiger partial charge in [-0.25, -0.2) is 0 Å². The van der Waals surface area contributed by atoms with Crippen molar-refractivity contribution in [3.63, 3.8) is 0 Å².